The van der Waals surface area contributed by atoms with E-state index in [1.807, 2.05) is 0 Å². The second kappa shape index (κ2) is 9.84. The summed E-state index contributed by atoms with van der Waals surface area (Å²) in [6.07, 6.45) is 7.61. The van der Waals surface area contributed by atoms with Crippen molar-refractivity contribution < 1.29 is 4.74 Å². The molecule has 1 spiro atoms. The van der Waals surface area contributed by atoms with Crippen LogP contribution in [0.2, 0.25) is 0 Å². The lowest BCUT2D eigenvalue weighted by Gasteiger charge is -2.31. The maximum Gasteiger partial charge on any atom is 0.119 e. The van der Waals surface area contributed by atoms with E-state index in [1.54, 1.807) is 0 Å². The van der Waals surface area contributed by atoms with Crippen molar-refractivity contribution in [2.75, 3.05) is 6.61 Å². The molecule has 0 fully saturated rings. The van der Waals surface area contributed by atoms with Crippen LogP contribution < -0.4 is 4.74 Å². The minimum absolute atomic E-state index is 0.357. The zero-order valence-corrected chi connectivity index (χ0v) is 23.8. The van der Waals surface area contributed by atoms with E-state index in [4.69, 9.17) is 4.74 Å². The maximum atomic E-state index is 6.34. The Bertz CT molecular complexity index is 1390. The molecule has 0 unspecified atom stereocenters. The zero-order chi connectivity index (χ0) is 24.7. The topological polar surface area (TPSA) is 9.23 Å². The number of benzene rings is 4. The molecule has 0 radical (unpaired) electrons. The SMILES string of the molecule is CCCCCCCCOc1ccc2c(c1)C1(c3ccccc3-2)c2cc(Br)ccc2-c2ccc(Br)cc21. The quantitative estimate of drug-likeness (QED) is 0.158. The summed E-state index contributed by atoms with van der Waals surface area (Å²) < 4.78 is 8.56. The molecule has 0 aromatic heterocycles. The van der Waals surface area contributed by atoms with Crippen molar-refractivity contribution in [2.24, 2.45) is 0 Å². The van der Waals surface area contributed by atoms with Crippen LogP contribution in [0.5, 0.6) is 5.75 Å². The first-order valence-electron chi connectivity index (χ1n) is 13.1. The first-order chi connectivity index (χ1) is 17.6. The molecule has 2 aliphatic rings. The molecule has 0 aliphatic heterocycles. The van der Waals surface area contributed by atoms with Gasteiger partial charge < -0.3 is 4.74 Å². The second-order valence-electron chi connectivity index (χ2n) is 10.00. The average Bonchev–Trinajstić information content (AvgIpc) is 3.34. The van der Waals surface area contributed by atoms with E-state index in [0.717, 1.165) is 27.7 Å². The largest absolute Gasteiger partial charge is 0.494 e. The summed E-state index contributed by atoms with van der Waals surface area (Å²) >= 11 is 7.56. The van der Waals surface area contributed by atoms with Gasteiger partial charge in [-0.3, -0.25) is 0 Å². The first-order valence-corrected chi connectivity index (χ1v) is 14.7. The lowest BCUT2D eigenvalue weighted by atomic mass is 9.70. The molecule has 3 heteroatoms. The Balaban J connectivity index is 1.46. The number of ether oxygens (including phenoxy) is 1. The van der Waals surface area contributed by atoms with Gasteiger partial charge in [0.2, 0.25) is 0 Å². The van der Waals surface area contributed by atoms with E-state index >= 15 is 0 Å². The molecule has 4 aromatic rings. The molecule has 0 N–H and O–H groups in total. The Morgan fingerprint density at radius 2 is 1.14 bits per heavy atom. The van der Waals surface area contributed by atoms with E-state index in [0.29, 0.717) is 0 Å². The molecule has 6 rings (SSSR count). The summed E-state index contributed by atoms with van der Waals surface area (Å²) in [6, 6.07) is 29.1. The van der Waals surface area contributed by atoms with Crippen molar-refractivity contribution >= 4 is 31.9 Å². The van der Waals surface area contributed by atoms with Gasteiger partial charge in [-0.05, 0) is 87.3 Å². The number of rotatable bonds is 8. The highest BCUT2D eigenvalue weighted by Gasteiger charge is 2.51. The van der Waals surface area contributed by atoms with Gasteiger partial charge in [0.25, 0.3) is 0 Å². The third kappa shape index (κ3) is 3.78. The maximum absolute atomic E-state index is 6.34. The first kappa shape index (κ1) is 24.0. The van der Waals surface area contributed by atoms with Crippen LogP contribution in [0, 0.1) is 0 Å². The second-order valence-corrected chi connectivity index (χ2v) is 11.8. The van der Waals surface area contributed by atoms with E-state index in [2.05, 4.69) is 118 Å². The number of halogens is 2. The molecular formula is C33H30Br2O. The van der Waals surface area contributed by atoms with Gasteiger partial charge in [0.15, 0.2) is 0 Å². The van der Waals surface area contributed by atoms with Crippen molar-refractivity contribution in [3.63, 3.8) is 0 Å². The molecule has 0 saturated carbocycles. The summed E-state index contributed by atoms with van der Waals surface area (Å²) in [6.45, 7) is 3.04. The lowest BCUT2D eigenvalue weighted by molar-refractivity contribution is 0.304. The molecule has 0 bridgehead atoms. The van der Waals surface area contributed by atoms with Gasteiger partial charge in [-0.2, -0.15) is 0 Å². The molecule has 1 nitrogen and oxygen atoms in total. The van der Waals surface area contributed by atoms with Gasteiger partial charge in [-0.1, -0.05) is 113 Å². The summed E-state index contributed by atoms with van der Waals surface area (Å²) in [5.41, 5.74) is 10.2. The standard InChI is InChI=1S/C33H30Br2O/c1-2-3-4-5-6-9-18-36-24-14-17-28-25-10-7-8-11-29(25)33(32(28)21-24)30-19-22(34)12-15-26(30)27-16-13-23(35)20-31(27)33/h7-8,10-17,19-21H,2-6,9,18H2,1H3. The Kier molecular flexibility index (Phi) is 6.56. The minimum Gasteiger partial charge on any atom is -0.494 e. The fourth-order valence-electron chi connectivity index (χ4n) is 6.27. The summed E-state index contributed by atoms with van der Waals surface area (Å²) in [4.78, 5) is 0. The molecule has 0 amide bonds. The van der Waals surface area contributed by atoms with Crippen LogP contribution in [0.3, 0.4) is 0 Å². The van der Waals surface area contributed by atoms with Crippen LogP contribution in [0.25, 0.3) is 22.3 Å². The van der Waals surface area contributed by atoms with Gasteiger partial charge in [0.1, 0.15) is 5.75 Å². The highest BCUT2D eigenvalue weighted by atomic mass is 79.9. The van der Waals surface area contributed by atoms with Crippen LogP contribution in [-0.4, -0.2) is 6.61 Å². The van der Waals surface area contributed by atoms with Gasteiger partial charge in [0, 0.05) is 8.95 Å². The molecule has 0 heterocycles. The smallest absolute Gasteiger partial charge is 0.119 e. The number of hydrogen-bond donors (Lipinski definition) is 0. The third-order valence-corrected chi connectivity index (χ3v) is 8.83. The van der Waals surface area contributed by atoms with Gasteiger partial charge in [0.05, 0.1) is 12.0 Å². The predicted molar refractivity (Wildman–Crippen MR) is 157 cm³/mol. The highest BCUT2D eigenvalue weighted by molar-refractivity contribution is 9.10. The molecular weight excluding hydrogens is 572 g/mol. The van der Waals surface area contributed by atoms with E-state index in [9.17, 15) is 0 Å². The summed E-state index contributed by atoms with van der Waals surface area (Å²) in [5.74, 6) is 0.967. The highest BCUT2D eigenvalue weighted by Crippen LogP contribution is 2.63. The predicted octanol–water partition coefficient (Wildman–Crippen LogP) is 10.3. The Morgan fingerprint density at radius 1 is 0.583 bits per heavy atom. The molecule has 182 valence electrons. The Morgan fingerprint density at radius 3 is 1.83 bits per heavy atom. The number of hydrogen-bond acceptors (Lipinski definition) is 1. The Labute approximate surface area is 231 Å². The van der Waals surface area contributed by atoms with E-state index in [1.165, 1.54) is 76.6 Å². The third-order valence-electron chi connectivity index (χ3n) is 7.84. The van der Waals surface area contributed by atoms with E-state index in [-0.39, 0.29) is 5.41 Å². The summed E-state index contributed by atoms with van der Waals surface area (Å²) in [7, 11) is 0. The van der Waals surface area contributed by atoms with Crippen molar-refractivity contribution in [3.8, 4) is 28.0 Å². The fraction of sp³-hybridized carbons (Fsp3) is 0.273. The Hall–Kier alpha value is -2.36. The van der Waals surface area contributed by atoms with Gasteiger partial charge in [-0.25, -0.2) is 0 Å². The molecule has 2 aliphatic carbocycles. The van der Waals surface area contributed by atoms with Crippen LogP contribution >= 0.6 is 31.9 Å². The zero-order valence-electron chi connectivity index (χ0n) is 20.6. The average molecular weight is 602 g/mol. The molecule has 4 aromatic carbocycles. The molecule has 0 saturated heterocycles. The van der Waals surface area contributed by atoms with Crippen molar-refractivity contribution in [3.05, 3.63) is 110 Å². The van der Waals surface area contributed by atoms with Crippen LogP contribution in [0.15, 0.2) is 87.8 Å². The van der Waals surface area contributed by atoms with Crippen molar-refractivity contribution in [1.82, 2.24) is 0 Å². The fourth-order valence-corrected chi connectivity index (χ4v) is 6.99. The summed E-state index contributed by atoms with van der Waals surface area (Å²) in [5, 5.41) is 0. The van der Waals surface area contributed by atoms with E-state index < -0.39 is 0 Å². The number of unbranched alkanes of at least 4 members (excludes halogenated alkanes) is 5. The molecule has 36 heavy (non-hydrogen) atoms. The lowest BCUT2D eigenvalue weighted by Crippen LogP contribution is -2.26. The molecule has 0 atom stereocenters. The van der Waals surface area contributed by atoms with Gasteiger partial charge in [-0.15, -0.1) is 0 Å². The van der Waals surface area contributed by atoms with Crippen LogP contribution in [-0.2, 0) is 5.41 Å². The van der Waals surface area contributed by atoms with Crippen LogP contribution in [0.4, 0.5) is 0 Å². The minimum atomic E-state index is -0.357. The van der Waals surface area contributed by atoms with Gasteiger partial charge >= 0.3 is 0 Å². The van der Waals surface area contributed by atoms with Crippen molar-refractivity contribution in [1.29, 1.82) is 0 Å². The normalized spacial score (nSPS) is 13.9. The number of fused-ring (bicyclic) bond motifs is 10. The monoisotopic (exact) mass is 600 g/mol. The van der Waals surface area contributed by atoms with Crippen LogP contribution in [0.1, 0.15) is 67.7 Å². The van der Waals surface area contributed by atoms with Crippen molar-refractivity contribution in [2.45, 2.75) is 50.9 Å².